The molecule has 1 saturated heterocycles. The quantitative estimate of drug-likeness (QED) is 0.531. The average molecular weight is 455 g/mol. The Balaban J connectivity index is 1.43. The second-order valence-corrected chi connectivity index (χ2v) is 8.62. The van der Waals surface area contributed by atoms with Crippen LogP contribution >= 0.6 is 0 Å². The lowest BCUT2D eigenvalue weighted by Crippen LogP contribution is -2.56. The van der Waals surface area contributed by atoms with Crippen molar-refractivity contribution in [2.75, 3.05) is 31.5 Å². The van der Waals surface area contributed by atoms with Crippen molar-refractivity contribution in [2.45, 2.75) is 31.7 Å². The molecule has 2 aliphatic rings. The first-order valence-electron chi connectivity index (χ1n) is 11.3. The molecule has 2 fully saturated rings. The Labute approximate surface area is 191 Å². The Morgan fingerprint density at radius 3 is 2.39 bits per heavy atom. The van der Waals surface area contributed by atoms with E-state index < -0.39 is 10.7 Å². The first kappa shape index (κ1) is 22.8. The molecule has 8 nitrogen and oxygen atoms in total. The van der Waals surface area contributed by atoms with Crippen LogP contribution in [0.3, 0.4) is 0 Å². The van der Waals surface area contributed by atoms with Crippen LogP contribution in [0.25, 0.3) is 0 Å². The average Bonchev–Trinajstić information content (AvgIpc) is 3.33. The van der Waals surface area contributed by atoms with E-state index in [9.17, 15) is 24.1 Å². The molecular formula is C24H27FN4O4. The highest BCUT2D eigenvalue weighted by Gasteiger charge is 2.37. The number of amides is 2. The lowest BCUT2D eigenvalue weighted by atomic mass is 9.94. The molecule has 2 aromatic rings. The van der Waals surface area contributed by atoms with Gasteiger partial charge in [0.05, 0.1) is 11.0 Å². The van der Waals surface area contributed by atoms with Gasteiger partial charge >= 0.3 is 0 Å². The molecule has 1 heterocycles. The first-order valence-corrected chi connectivity index (χ1v) is 11.3. The zero-order valence-electron chi connectivity index (χ0n) is 18.3. The molecule has 1 aliphatic carbocycles. The van der Waals surface area contributed by atoms with Gasteiger partial charge in [-0.3, -0.25) is 24.6 Å². The van der Waals surface area contributed by atoms with Gasteiger partial charge in [-0.1, -0.05) is 25.0 Å². The van der Waals surface area contributed by atoms with Crippen LogP contribution in [0.1, 0.15) is 36.0 Å². The number of nitrogens with one attached hydrogen (secondary N) is 1. The fraction of sp³-hybridized carbons (Fsp3) is 0.417. The van der Waals surface area contributed by atoms with Crippen LogP contribution in [0.15, 0.2) is 48.5 Å². The number of carbonyl (C=O) groups excluding carboxylic acids is 2. The molecule has 1 aliphatic heterocycles. The second kappa shape index (κ2) is 10.1. The van der Waals surface area contributed by atoms with Crippen LogP contribution in [-0.2, 0) is 4.79 Å². The Morgan fingerprint density at radius 2 is 1.73 bits per heavy atom. The highest BCUT2D eigenvalue weighted by molar-refractivity contribution is 5.96. The summed E-state index contributed by atoms with van der Waals surface area (Å²) >= 11 is 0. The number of anilines is 1. The van der Waals surface area contributed by atoms with Gasteiger partial charge in [0, 0.05) is 49.6 Å². The molecule has 1 unspecified atom stereocenters. The van der Waals surface area contributed by atoms with Gasteiger partial charge in [-0.25, -0.2) is 4.39 Å². The lowest BCUT2D eigenvalue weighted by molar-refractivity contribution is -0.384. The Hall–Kier alpha value is -3.33. The summed E-state index contributed by atoms with van der Waals surface area (Å²) in [6.45, 7) is 1.91. The number of non-ortho nitro benzene ring substituents is 1. The summed E-state index contributed by atoms with van der Waals surface area (Å²) in [6.07, 6.45) is 4.10. The minimum atomic E-state index is -0.516. The molecule has 0 spiro atoms. The van der Waals surface area contributed by atoms with E-state index in [1.165, 1.54) is 30.3 Å². The molecule has 4 rings (SSSR count). The largest absolute Gasteiger partial charge is 0.336 e. The smallest absolute Gasteiger partial charge is 0.270 e. The molecule has 33 heavy (non-hydrogen) atoms. The maximum absolute atomic E-state index is 13.6. The van der Waals surface area contributed by atoms with E-state index in [0.29, 0.717) is 31.9 Å². The van der Waals surface area contributed by atoms with Gasteiger partial charge in [-0.2, -0.15) is 0 Å². The van der Waals surface area contributed by atoms with E-state index >= 15 is 0 Å². The highest BCUT2D eigenvalue weighted by atomic mass is 19.1. The third kappa shape index (κ3) is 5.36. The number of nitrogens with zero attached hydrogens (tertiary/aromatic N) is 3. The number of piperazine rings is 1. The lowest BCUT2D eigenvalue weighted by Gasteiger charge is -2.40. The van der Waals surface area contributed by atoms with E-state index in [4.69, 9.17) is 0 Å². The van der Waals surface area contributed by atoms with E-state index in [2.05, 4.69) is 10.2 Å². The fourth-order valence-electron chi connectivity index (χ4n) is 4.87. The van der Waals surface area contributed by atoms with Gasteiger partial charge in [0.15, 0.2) is 0 Å². The summed E-state index contributed by atoms with van der Waals surface area (Å²) in [5.74, 6) is -0.581. The van der Waals surface area contributed by atoms with Gasteiger partial charge in [-0.15, -0.1) is 0 Å². The Bertz CT molecular complexity index is 1030. The second-order valence-electron chi connectivity index (χ2n) is 8.62. The van der Waals surface area contributed by atoms with Crippen LogP contribution in [0.4, 0.5) is 15.8 Å². The SMILES string of the molecule is O=C(Nc1cccc(F)c1)C(C1CCCC1)N1CCN(C(=O)c2cccc([N+](=O)[O-])c2)CC1. The number of hydrogen-bond acceptors (Lipinski definition) is 5. The van der Waals surface area contributed by atoms with Gasteiger partial charge in [-0.05, 0) is 43.0 Å². The molecule has 1 atom stereocenters. The number of benzene rings is 2. The number of rotatable bonds is 6. The molecule has 174 valence electrons. The minimum absolute atomic E-state index is 0.116. The summed E-state index contributed by atoms with van der Waals surface area (Å²) in [7, 11) is 0. The number of hydrogen-bond donors (Lipinski definition) is 1. The van der Waals surface area contributed by atoms with Crippen LogP contribution in [0.5, 0.6) is 0 Å². The summed E-state index contributed by atoms with van der Waals surface area (Å²) in [5.41, 5.74) is 0.603. The van der Waals surface area contributed by atoms with Crippen LogP contribution in [0, 0.1) is 21.8 Å². The normalized spacial score (nSPS) is 18.2. The van der Waals surface area contributed by atoms with E-state index in [1.807, 2.05) is 0 Å². The zero-order valence-corrected chi connectivity index (χ0v) is 18.3. The van der Waals surface area contributed by atoms with Crippen molar-refractivity contribution in [3.05, 3.63) is 70.0 Å². The maximum atomic E-state index is 13.6. The van der Waals surface area contributed by atoms with Crippen molar-refractivity contribution < 1.29 is 18.9 Å². The third-order valence-corrected chi connectivity index (χ3v) is 6.51. The van der Waals surface area contributed by atoms with Gasteiger partial charge < -0.3 is 10.2 Å². The molecule has 1 N–H and O–H groups in total. The zero-order chi connectivity index (χ0) is 23.4. The number of nitro groups is 1. The van der Waals surface area contributed by atoms with Crippen LogP contribution in [0.2, 0.25) is 0 Å². The summed E-state index contributed by atoms with van der Waals surface area (Å²) < 4.78 is 13.6. The van der Waals surface area contributed by atoms with E-state index in [1.54, 1.807) is 23.1 Å². The number of halogens is 1. The number of carbonyl (C=O) groups is 2. The molecule has 0 bridgehead atoms. The molecule has 2 aromatic carbocycles. The van der Waals surface area contributed by atoms with Crippen molar-refractivity contribution in [3.63, 3.8) is 0 Å². The molecule has 1 saturated carbocycles. The topological polar surface area (TPSA) is 95.8 Å². The van der Waals surface area contributed by atoms with Crippen molar-refractivity contribution in [2.24, 2.45) is 5.92 Å². The van der Waals surface area contributed by atoms with Crippen LogP contribution < -0.4 is 5.32 Å². The van der Waals surface area contributed by atoms with E-state index in [-0.39, 0.29) is 35.0 Å². The van der Waals surface area contributed by atoms with E-state index in [0.717, 1.165) is 25.7 Å². The van der Waals surface area contributed by atoms with Crippen molar-refractivity contribution in [1.29, 1.82) is 0 Å². The van der Waals surface area contributed by atoms with Crippen LogP contribution in [-0.4, -0.2) is 58.8 Å². The standard InChI is InChI=1S/C24H27FN4O4/c25-19-8-4-9-20(16-19)26-23(30)22(17-5-1-2-6-17)27-11-13-28(14-12-27)24(31)18-7-3-10-21(15-18)29(32)33/h3-4,7-10,15-17,22H,1-2,5-6,11-14H2,(H,26,30). The van der Waals surface area contributed by atoms with Crippen molar-refractivity contribution >= 4 is 23.2 Å². The molecule has 2 amide bonds. The summed E-state index contributed by atoms with van der Waals surface area (Å²) in [6, 6.07) is 11.3. The predicted molar refractivity (Wildman–Crippen MR) is 121 cm³/mol. The molecule has 0 radical (unpaired) electrons. The minimum Gasteiger partial charge on any atom is -0.336 e. The first-order chi connectivity index (χ1) is 15.9. The summed E-state index contributed by atoms with van der Waals surface area (Å²) in [4.78, 5) is 40.4. The predicted octanol–water partition coefficient (Wildman–Crippen LogP) is 3.69. The van der Waals surface area contributed by atoms with Crippen molar-refractivity contribution in [3.8, 4) is 0 Å². The highest BCUT2D eigenvalue weighted by Crippen LogP contribution is 2.32. The van der Waals surface area contributed by atoms with Gasteiger partial charge in [0.25, 0.3) is 11.6 Å². The third-order valence-electron chi connectivity index (χ3n) is 6.51. The Morgan fingerprint density at radius 1 is 1.03 bits per heavy atom. The molecule has 9 heteroatoms. The monoisotopic (exact) mass is 454 g/mol. The maximum Gasteiger partial charge on any atom is 0.270 e. The molecular weight excluding hydrogens is 427 g/mol. The fourth-order valence-corrected chi connectivity index (χ4v) is 4.87. The molecule has 0 aromatic heterocycles. The Kier molecular flexibility index (Phi) is 6.98. The summed E-state index contributed by atoms with van der Waals surface area (Å²) in [5, 5.41) is 13.9. The van der Waals surface area contributed by atoms with Crippen molar-refractivity contribution in [1.82, 2.24) is 9.80 Å². The number of nitro benzene ring substituents is 1. The van der Waals surface area contributed by atoms with Gasteiger partial charge in [0.1, 0.15) is 5.82 Å². The van der Waals surface area contributed by atoms with Gasteiger partial charge in [0.2, 0.25) is 5.91 Å².